The van der Waals surface area contributed by atoms with Gasteiger partial charge in [0.15, 0.2) is 0 Å². The first kappa shape index (κ1) is 7.35. The summed E-state index contributed by atoms with van der Waals surface area (Å²) in [6.45, 7) is 3.68. The summed E-state index contributed by atoms with van der Waals surface area (Å²) in [5, 5.41) is 0. The third-order valence-corrected chi connectivity index (χ3v) is 2.99. The van der Waals surface area contributed by atoms with Crippen LogP contribution in [0.1, 0.15) is 32.6 Å². The Kier molecular flexibility index (Phi) is 1.99. The molecule has 0 spiro atoms. The van der Waals surface area contributed by atoms with E-state index in [9.17, 15) is 0 Å². The molecule has 1 fully saturated rings. The Labute approximate surface area is 69.1 Å². The molecule has 0 bridgehead atoms. The molecule has 1 nitrogen and oxygen atoms in total. The number of rotatable bonds is 0. The predicted octanol–water partition coefficient (Wildman–Crippen LogP) is 2.19. The van der Waals surface area contributed by atoms with Crippen LogP contribution in [0.4, 0.5) is 0 Å². The summed E-state index contributed by atoms with van der Waals surface area (Å²) in [5.41, 5.74) is 0. The zero-order valence-corrected chi connectivity index (χ0v) is 7.29. The van der Waals surface area contributed by atoms with Crippen molar-refractivity contribution in [2.75, 3.05) is 6.54 Å². The van der Waals surface area contributed by atoms with Crippen LogP contribution in [0, 0.1) is 0 Å². The van der Waals surface area contributed by atoms with E-state index in [1.165, 1.54) is 32.2 Å². The lowest BCUT2D eigenvalue weighted by molar-refractivity contribution is 0.123. The van der Waals surface area contributed by atoms with Gasteiger partial charge in [-0.25, -0.2) is 0 Å². The molecule has 2 heterocycles. The zero-order chi connectivity index (χ0) is 7.68. The van der Waals surface area contributed by atoms with Crippen molar-refractivity contribution in [3.8, 4) is 0 Å². The minimum Gasteiger partial charge on any atom is -0.294 e. The zero-order valence-electron chi connectivity index (χ0n) is 7.29. The topological polar surface area (TPSA) is 3.24 Å². The second-order valence-corrected chi connectivity index (χ2v) is 3.81. The second kappa shape index (κ2) is 2.98. The molecule has 0 aliphatic carbocycles. The van der Waals surface area contributed by atoms with Crippen LogP contribution in [0.25, 0.3) is 0 Å². The molecule has 2 aliphatic rings. The van der Waals surface area contributed by atoms with Crippen molar-refractivity contribution in [3.63, 3.8) is 0 Å². The Morgan fingerprint density at radius 1 is 1.36 bits per heavy atom. The lowest BCUT2D eigenvalue weighted by Crippen LogP contribution is -2.45. The fourth-order valence-corrected chi connectivity index (χ4v) is 2.30. The van der Waals surface area contributed by atoms with Gasteiger partial charge in [0.05, 0.1) is 0 Å². The van der Waals surface area contributed by atoms with E-state index in [0.29, 0.717) is 0 Å². The van der Waals surface area contributed by atoms with Crippen molar-refractivity contribution in [1.82, 2.24) is 4.90 Å². The average Bonchev–Trinajstić information content (AvgIpc) is 2.06. The van der Waals surface area contributed by atoms with Crippen molar-refractivity contribution >= 4 is 0 Å². The Morgan fingerprint density at radius 3 is 3.09 bits per heavy atom. The number of hydrogen-bond donors (Lipinski definition) is 0. The van der Waals surface area contributed by atoms with Crippen molar-refractivity contribution in [1.29, 1.82) is 0 Å². The number of hydrogen-bond acceptors (Lipinski definition) is 1. The predicted molar refractivity (Wildman–Crippen MR) is 47.6 cm³/mol. The summed E-state index contributed by atoms with van der Waals surface area (Å²) in [5.74, 6) is 0. The maximum absolute atomic E-state index is 2.66. The molecule has 1 heteroatoms. The van der Waals surface area contributed by atoms with Crippen LogP contribution in [0.2, 0.25) is 0 Å². The van der Waals surface area contributed by atoms with E-state index in [0.717, 1.165) is 12.1 Å². The summed E-state index contributed by atoms with van der Waals surface area (Å²) in [4.78, 5) is 2.66. The van der Waals surface area contributed by atoms with Gasteiger partial charge in [0, 0.05) is 12.1 Å². The molecule has 1 saturated heterocycles. The molecule has 0 N–H and O–H groups in total. The average molecular weight is 151 g/mol. The minimum absolute atomic E-state index is 0.785. The van der Waals surface area contributed by atoms with Crippen LogP contribution >= 0.6 is 0 Å². The lowest BCUT2D eigenvalue weighted by Gasteiger charge is -2.40. The third-order valence-electron chi connectivity index (χ3n) is 2.99. The monoisotopic (exact) mass is 151 g/mol. The van der Waals surface area contributed by atoms with E-state index in [4.69, 9.17) is 0 Å². The maximum atomic E-state index is 2.66. The molecule has 0 aromatic carbocycles. The molecule has 0 saturated carbocycles. The SMILES string of the molecule is CC1CC=CC2CCCCN12. The van der Waals surface area contributed by atoms with Crippen LogP contribution in [0.3, 0.4) is 0 Å². The Balaban J connectivity index is 2.09. The Morgan fingerprint density at radius 2 is 2.27 bits per heavy atom. The Hall–Kier alpha value is -0.300. The van der Waals surface area contributed by atoms with E-state index < -0.39 is 0 Å². The molecule has 2 unspecified atom stereocenters. The van der Waals surface area contributed by atoms with E-state index in [1.807, 2.05) is 0 Å². The van der Waals surface area contributed by atoms with Gasteiger partial charge in [-0.15, -0.1) is 0 Å². The highest BCUT2D eigenvalue weighted by Gasteiger charge is 2.26. The highest BCUT2D eigenvalue weighted by molar-refractivity contribution is 5.03. The normalized spacial score (nSPS) is 38.6. The van der Waals surface area contributed by atoms with Gasteiger partial charge in [-0.1, -0.05) is 18.6 Å². The number of piperidine rings is 1. The van der Waals surface area contributed by atoms with Gasteiger partial charge in [0.25, 0.3) is 0 Å². The van der Waals surface area contributed by atoms with Crippen molar-refractivity contribution in [3.05, 3.63) is 12.2 Å². The third kappa shape index (κ3) is 1.34. The molecule has 2 aliphatic heterocycles. The van der Waals surface area contributed by atoms with Crippen LogP contribution in [0.15, 0.2) is 12.2 Å². The highest BCUT2D eigenvalue weighted by Crippen LogP contribution is 2.25. The fraction of sp³-hybridized carbons (Fsp3) is 0.800. The van der Waals surface area contributed by atoms with E-state index in [2.05, 4.69) is 24.0 Å². The summed E-state index contributed by atoms with van der Waals surface area (Å²) in [6.07, 6.45) is 10.3. The molecule has 62 valence electrons. The molecule has 2 rings (SSSR count). The first-order valence-electron chi connectivity index (χ1n) is 4.80. The molecular formula is C10H17N. The second-order valence-electron chi connectivity index (χ2n) is 3.81. The van der Waals surface area contributed by atoms with Crippen LogP contribution in [-0.2, 0) is 0 Å². The summed E-state index contributed by atoms with van der Waals surface area (Å²) in [6, 6.07) is 1.58. The maximum Gasteiger partial charge on any atom is 0.0281 e. The molecule has 0 radical (unpaired) electrons. The molecular weight excluding hydrogens is 134 g/mol. The van der Waals surface area contributed by atoms with Gasteiger partial charge in [0.1, 0.15) is 0 Å². The molecule has 0 amide bonds. The summed E-state index contributed by atoms with van der Waals surface area (Å²) in [7, 11) is 0. The highest BCUT2D eigenvalue weighted by atomic mass is 15.2. The quantitative estimate of drug-likeness (QED) is 0.480. The molecule has 11 heavy (non-hydrogen) atoms. The van der Waals surface area contributed by atoms with Crippen LogP contribution in [0.5, 0.6) is 0 Å². The minimum atomic E-state index is 0.785. The van der Waals surface area contributed by atoms with E-state index >= 15 is 0 Å². The number of fused-ring (bicyclic) bond motifs is 1. The van der Waals surface area contributed by atoms with Gasteiger partial charge in [-0.3, -0.25) is 4.90 Å². The van der Waals surface area contributed by atoms with Crippen molar-refractivity contribution < 1.29 is 0 Å². The molecule has 0 aromatic heterocycles. The van der Waals surface area contributed by atoms with E-state index in [-0.39, 0.29) is 0 Å². The van der Waals surface area contributed by atoms with E-state index in [1.54, 1.807) is 0 Å². The van der Waals surface area contributed by atoms with Gasteiger partial charge < -0.3 is 0 Å². The summed E-state index contributed by atoms with van der Waals surface area (Å²) >= 11 is 0. The smallest absolute Gasteiger partial charge is 0.0281 e. The van der Waals surface area contributed by atoms with Crippen molar-refractivity contribution in [2.24, 2.45) is 0 Å². The van der Waals surface area contributed by atoms with Gasteiger partial charge in [-0.05, 0) is 32.7 Å². The van der Waals surface area contributed by atoms with Gasteiger partial charge in [-0.2, -0.15) is 0 Å². The summed E-state index contributed by atoms with van der Waals surface area (Å²) < 4.78 is 0. The molecule has 2 atom stereocenters. The van der Waals surface area contributed by atoms with Gasteiger partial charge >= 0.3 is 0 Å². The Bertz CT molecular complexity index is 162. The lowest BCUT2D eigenvalue weighted by atomic mass is 9.95. The largest absolute Gasteiger partial charge is 0.294 e. The number of nitrogens with zero attached hydrogens (tertiary/aromatic N) is 1. The van der Waals surface area contributed by atoms with Crippen molar-refractivity contribution in [2.45, 2.75) is 44.7 Å². The van der Waals surface area contributed by atoms with Gasteiger partial charge in [0.2, 0.25) is 0 Å². The standard InChI is InChI=1S/C10H17N/c1-9-5-4-7-10-6-2-3-8-11(9)10/h4,7,9-10H,2-3,5-6,8H2,1H3. The fourth-order valence-electron chi connectivity index (χ4n) is 2.30. The first-order valence-corrected chi connectivity index (χ1v) is 4.80. The first-order chi connectivity index (χ1) is 5.38. The molecule has 0 aromatic rings. The van der Waals surface area contributed by atoms with Crippen LogP contribution < -0.4 is 0 Å². The van der Waals surface area contributed by atoms with Crippen LogP contribution in [-0.4, -0.2) is 23.5 Å².